The quantitative estimate of drug-likeness (QED) is 0.775. The summed E-state index contributed by atoms with van der Waals surface area (Å²) in [5, 5.41) is 12.4. The van der Waals surface area contributed by atoms with E-state index >= 15 is 0 Å². The van der Waals surface area contributed by atoms with Crippen LogP contribution in [0.25, 0.3) is 0 Å². The molecule has 0 fully saturated rings. The number of alkyl halides is 3. The SMILES string of the molecule is O[C@@]1(C(F)(F)F)CC(c2ccc(F)cc2)=NO1. The summed E-state index contributed by atoms with van der Waals surface area (Å²) in [4.78, 5) is 4.03. The van der Waals surface area contributed by atoms with Crippen LogP contribution < -0.4 is 0 Å². The van der Waals surface area contributed by atoms with E-state index in [2.05, 4.69) is 9.99 Å². The average Bonchev–Trinajstić information content (AvgIpc) is 2.63. The zero-order chi connectivity index (χ0) is 12.7. The minimum atomic E-state index is -4.93. The van der Waals surface area contributed by atoms with E-state index in [9.17, 15) is 22.7 Å². The predicted octanol–water partition coefficient (Wildman–Crippen LogP) is 2.20. The fourth-order valence-electron chi connectivity index (χ4n) is 1.37. The highest BCUT2D eigenvalue weighted by Crippen LogP contribution is 2.38. The van der Waals surface area contributed by atoms with Crippen molar-refractivity contribution in [2.24, 2.45) is 5.16 Å². The highest BCUT2D eigenvalue weighted by atomic mass is 19.4. The minimum absolute atomic E-state index is 0.0789. The summed E-state index contributed by atoms with van der Waals surface area (Å²) in [6.45, 7) is 0. The van der Waals surface area contributed by atoms with Crippen LogP contribution in [0.2, 0.25) is 0 Å². The molecule has 0 bridgehead atoms. The van der Waals surface area contributed by atoms with Gasteiger partial charge < -0.3 is 9.94 Å². The molecular weight excluding hydrogens is 242 g/mol. The van der Waals surface area contributed by atoms with E-state index in [1.165, 1.54) is 12.1 Å². The molecule has 0 aliphatic carbocycles. The molecule has 0 saturated carbocycles. The number of oxime groups is 1. The smallest absolute Gasteiger partial charge is 0.350 e. The molecular formula is C10H7F4NO2. The Morgan fingerprint density at radius 1 is 1.24 bits per heavy atom. The minimum Gasteiger partial charge on any atom is -0.350 e. The predicted molar refractivity (Wildman–Crippen MR) is 49.6 cm³/mol. The van der Waals surface area contributed by atoms with Gasteiger partial charge in [0.2, 0.25) is 0 Å². The van der Waals surface area contributed by atoms with Gasteiger partial charge in [0.15, 0.2) is 0 Å². The molecule has 1 N–H and O–H groups in total. The normalized spacial score (nSPS) is 24.4. The van der Waals surface area contributed by atoms with Gasteiger partial charge in [0.25, 0.3) is 0 Å². The van der Waals surface area contributed by atoms with E-state index in [0.717, 1.165) is 12.1 Å². The molecule has 7 heteroatoms. The first kappa shape index (κ1) is 11.8. The van der Waals surface area contributed by atoms with Crippen LogP contribution >= 0.6 is 0 Å². The zero-order valence-corrected chi connectivity index (χ0v) is 8.33. The third kappa shape index (κ3) is 2.10. The molecule has 1 heterocycles. The van der Waals surface area contributed by atoms with Crippen molar-refractivity contribution >= 4 is 5.71 Å². The van der Waals surface area contributed by atoms with Crippen LogP contribution in [0.3, 0.4) is 0 Å². The number of hydrogen-bond acceptors (Lipinski definition) is 3. The van der Waals surface area contributed by atoms with Gasteiger partial charge in [-0.1, -0.05) is 17.3 Å². The van der Waals surface area contributed by atoms with Crippen LogP contribution in [-0.2, 0) is 4.84 Å². The molecule has 2 rings (SSSR count). The van der Waals surface area contributed by atoms with Gasteiger partial charge >= 0.3 is 12.0 Å². The summed E-state index contributed by atoms with van der Waals surface area (Å²) in [5.74, 6) is -3.81. The van der Waals surface area contributed by atoms with Gasteiger partial charge in [-0.25, -0.2) is 4.39 Å². The van der Waals surface area contributed by atoms with Gasteiger partial charge in [-0.05, 0) is 17.7 Å². The maximum atomic E-state index is 12.6. The van der Waals surface area contributed by atoms with Crippen LogP contribution in [0.5, 0.6) is 0 Å². The summed E-state index contributed by atoms with van der Waals surface area (Å²) in [6.07, 6.45) is -5.75. The van der Waals surface area contributed by atoms with Crippen molar-refractivity contribution in [1.29, 1.82) is 0 Å². The van der Waals surface area contributed by atoms with E-state index in [1.54, 1.807) is 0 Å². The Bertz CT molecular complexity index is 454. The summed E-state index contributed by atoms with van der Waals surface area (Å²) < 4.78 is 49.8. The molecule has 1 aliphatic heterocycles. The average molecular weight is 249 g/mol. The number of halogens is 4. The van der Waals surface area contributed by atoms with Gasteiger partial charge in [-0.2, -0.15) is 13.2 Å². The van der Waals surface area contributed by atoms with Crippen LogP contribution in [0, 0.1) is 5.82 Å². The molecule has 1 aliphatic rings. The van der Waals surface area contributed by atoms with E-state index in [4.69, 9.17) is 0 Å². The third-order valence-electron chi connectivity index (χ3n) is 2.33. The number of rotatable bonds is 1. The molecule has 1 aromatic rings. The van der Waals surface area contributed by atoms with E-state index < -0.39 is 24.2 Å². The largest absolute Gasteiger partial charge is 0.458 e. The fourth-order valence-corrected chi connectivity index (χ4v) is 1.37. The Morgan fingerprint density at radius 2 is 1.82 bits per heavy atom. The third-order valence-corrected chi connectivity index (χ3v) is 2.33. The molecule has 0 amide bonds. The van der Waals surface area contributed by atoms with Crippen molar-refractivity contribution in [3.8, 4) is 0 Å². The van der Waals surface area contributed by atoms with Crippen molar-refractivity contribution in [1.82, 2.24) is 0 Å². The summed E-state index contributed by atoms with van der Waals surface area (Å²) >= 11 is 0. The highest BCUT2D eigenvalue weighted by Gasteiger charge is 2.60. The first-order chi connectivity index (χ1) is 7.82. The van der Waals surface area contributed by atoms with E-state index in [1.807, 2.05) is 0 Å². The van der Waals surface area contributed by atoms with Crippen molar-refractivity contribution < 1.29 is 27.5 Å². The Labute approximate surface area is 93.3 Å². The monoisotopic (exact) mass is 249 g/mol. The zero-order valence-electron chi connectivity index (χ0n) is 8.33. The maximum absolute atomic E-state index is 12.6. The lowest BCUT2D eigenvalue weighted by Crippen LogP contribution is -2.45. The highest BCUT2D eigenvalue weighted by molar-refractivity contribution is 6.01. The number of aliphatic hydroxyl groups is 1. The Kier molecular flexibility index (Phi) is 2.57. The second kappa shape index (κ2) is 3.69. The lowest BCUT2D eigenvalue weighted by molar-refractivity contribution is -0.355. The molecule has 17 heavy (non-hydrogen) atoms. The van der Waals surface area contributed by atoms with Crippen molar-refractivity contribution in [3.63, 3.8) is 0 Å². The first-order valence-electron chi connectivity index (χ1n) is 4.62. The lowest BCUT2D eigenvalue weighted by Gasteiger charge is -2.22. The molecule has 92 valence electrons. The van der Waals surface area contributed by atoms with Crippen molar-refractivity contribution in [2.45, 2.75) is 18.4 Å². The van der Waals surface area contributed by atoms with Crippen LogP contribution in [0.4, 0.5) is 17.6 Å². The molecule has 0 radical (unpaired) electrons. The number of benzene rings is 1. The molecule has 0 unspecified atom stereocenters. The van der Waals surface area contributed by atoms with E-state index in [0.29, 0.717) is 0 Å². The van der Waals surface area contributed by atoms with Gasteiger partial charge in [0.05, 0.1) is 12.1 Å². The van der Waals surface area contributed by atoms with Gasteiger partial charge in [-0.3, -0.25) is 0 Å². The molecule has 0 spiro atoms. The van der Waals surface area contributed by atoms with Crippen molar-refractivity contribution in [3.05, 3.63) is 35.6 Å². The van der Waals surface area contributed by atoms with Gasteiger partial charge in [0.1, 0.15) is 5.82 Å². The molecule has 1 aromatic carbocycles. The number of hydrogen-bond donors (Lipinski definition) is 1. The molecule has 3 nitrogen and oxygen atoms in total. The molecule has 1 atom stereocenters. The summed E-state index contributed by atoms with van der Waals surface area (Å²) in [6, 6.07) is 4.70. The molecule has 0 aromatic heterocycles. The summed E-state index contributed by atoms with van der Waals surface area (Å²) in [7, 11) is 0. The topological polar surface area (TPSA) is 41.8 Å². The lowest BCUT2D eigenvalue weighted by atomic mass is 10.0. The second-order valence-electron chi connectivity index (χ2n) is 3.60. The first-order valence-corrected chi connectivity index (χ1v) is 4.62. The van der Waals surface area contributed by atoms with Gasteiger partial charge in [0, 0.05) is 0 Å². The Balaban J connectivity index is 2.20. The van der Waals surface area contributed by atoms with Crippen molar-refractivity contribution in [2.75, 3.05) is 0 Å². The fraction of sp³-hybridized carbons (Fsp3) is 0.300. The van der Waals surface area contributed by atoms with Gasteiger partial charge in [-0.15, -0.1) is 0 Å². The molecule has 0 saturated heterocycles. The van der Waals surface area contributed by atoms with Crippen LogP contribution in [-0.4, -0.2) is 22.8 Å². The summed E-state index contributed by atoms with van der Waals surface area (Å²) in [5.41, 5.74) is 0.191. The van der Waals surface area contributed by atoms with E-state index in [-0.39, 0.29) is 11.3 Å². The Hall–Kier alpha value is -1.63. The number of nitrogens with zero attached hydrogens (tertiary/aromatic N) is 1. The second-order valence-corrected chi connectivity index (χ2v) is 3.60. The standard InChI is InChI=1S/C10H7F4NO2/c11-7-3-1-6(2-4-7)8-5-9(16,17-15-8)10(12,13)14/h1-4,16H,5H2/t9-/m0/s1. The Morgan fingerprint density at radius 3 is 2.29 bits per heavy atom. The maximum Gasteiger partial charge on any atom is 0.458 e. The van der Waals surface area contributed by atoms with Crippen LogP contribution in [0.15, 0.2) is 29.4 Å². The van der Waals surface area contributed by atoms with Crippen LogP contribution in [0.1, 0.15) is 12.0 Å².